The molecule has 2 aromatic rings. The van der Waals surface area contributed by atoms with Crippen LogP contribution >= 0.6 is 11.6 Å². The fourth-order valence-electron chi connectivity index (χ4n) is 3.30. The van der Waals surface area contributed by atoms with Gasteiger partial charge in [0.15, 0.2) is 0 Å². The molecule has 1 atom stereocenters. The first-order valence-electron chi connectivity index (χ1n) is 7.71. The van der Waals surface area contributed by atoms with Crippen molar-refractivity contribution in [1.29, 1.82) is 0 Å². The van der Waals surface area contributed by atoms with Crippen LogP contribution in [0.1, 0.15) is 35.7 Å². The highest BCUT2D eigenvalue weighted by atomic mass is 35.5. The smallest absolute Gasteiger partial charge is 0.227 e. The Bertz CT molecular complexity index is 743. The van der Waals surface area contributed by atoms with E-state index >= 15 is 0 Å². The van der Waals surface area contributed by atoms with Crippen molar-refractivity contribution in [1.82, 2.24) is 14.7 Å². The van der Waals surface area contributed by atoms with Crippen LogP contribution in [0.3, 0.4) is 0 Å². The minimum atomic E-state index is -0.341. The van der Waals surface area contributed by atoms with E-state index in [1.807, 2.05) is 11.8 Å². The molecule has 1 amide bonds. The maximum Gasteiger partial charge on any atom is 0.227 e. The Balaban J connectivity index is 1.84. The van der Waals surface area contributed by atoms with Crippen molar-refractivity contribution in [2.45, 2.75) is 32.2 Å². The number of hydrogen-bond acceptors (Lipinski definition) is 2. The summed E-state index contributed by atoms with van der Waals surface area (Å²) in [6.45, 7) is 2.57. The van der Waals surface area contributed by atoms with E-state index in [2.05, 4.69) is 5.10 Å². The maximum atomic E-state index is 13.8. The lowest BCUT2D eigenvalue weighted by molar-refractivity contribution is -0.131. The Hall–Kier alpha value is -1.88. The van der Waals surface area contributed by atoms with Gasteiger partial charge in [-0.25, -0.2) is 4.39 Å². The first-order valence-corrected chi connectivity index (χ1v) is 8.08. The summed E-state index contributed by atoms with van der Waals surface area (Å²) in [7, 11) is 1.79. The number of likely N-dealkylation sites (tertiary alicyclic amines) is 1. The molecule has 1 fully saturated rings. The average molecular weight is 336 g/mol. The summed E-state index contributed by atoms with van der Waals surface area (Å²) < 4.78 is 15.4. The Kier molecular flexibility index (Phi) is 4.39. The molecule has 0 spiro atoms. The number of hydrogen-bond donors (Lipinski definition) is 0. The molecule has 122 valence electrons. The van der Waals surface area contributed by atoms with E-state index in [1.54, 1.807) is 29.9 Å². The molecule has 1 aliphatic heterocycles. The Labute approximate surface area is 139 Å². The molecule has 6 heteroatoms. The molecule has 0 saturated carbocycles. The van der Waals surface area contributed by atoms with Crippen molar-refractivity contribution in [3.63, 3.8) is 0 Å². The third-order valence-electron chi connectivity index (χ3n) is 4.40. The van der Waals surface area contributed by atoms with Crippen LogP contribution < -0.4 is 0 Å². The quantitative estimate of drug-likeness (QED) is 0.862. The fraction of sp³-hybridized carbons (Fsp3) is 0.412. The van der Waals surface area contributed by atoms with Crippen molar-refractivity contribution >= 4 is 17.5 Å². The van der Waals surface area contributed by atoms with Gasteiger partial charge < -0.3 is 4.90 Å². The lowest BCUT2D eigenvalue weighted by Crippen LogP contribution is -2.32. The second-order valence-corrected chi connectivity index (χ2v) is 6.28. The molecule has 0 bridgehead atoms. The largest absolute Gasteiger partial charge is 0.335 e. The summed E-state index contributed by atoms with van der Waals surface area (Å²) in [6, 6.07) is 6.33. The molecule has 0 unspecified atom stereocenters. The second kappa shape index (κ2) is 6.32. The summed E-state index contributed by atoms with van der Waals surface area (Å²) in [5.74, 6) is -0.413. The number of amides is 1. The molecule has 0 aliphatic carbocycles. The Morgan fingerprint density at radius 2 is 2.17 bits per heavy atom. The van der Waals surface area contributed by atoms with Crippen LogP contribution in [0, 0.1) is 12.7 Å². The normalized spacial score (nSPS) is 17.7. The summed E-state index contributed by atoms with van der Waals surface area (Å²) in [4.78, 5) is 14.5. The lowest BCUT2D eigenvalue weighted by atomic mass is 10.0. The van der Waals surface area contributed by atoms with Crippen molar-refractivity contribution in [2.75, 3.05) is 6.54 Å². The maximum absolute atomic E-state index is 13.8. The summed E-state index contributed by atoms with van der Waals surface area (Å²) >= 11 is 6.35. The van der Waals surface area contributed by atoms with Gasteiger partial charge in [0, 0.05) is 19.2 Å². The highest BCUT2D eigenvalue weighted by molar-refractivity contribution is 6.30. The molecule has 1 aliphatic rings. The molecule has 2 heterocycles. The molecule has 0 radical (unpaired) electrons. The van der Waals surface area contributed by atoms with Crippen molar-refractivity contribution < 1.29 is 9.18 Å². The molecular formula is C17H19ClFN3O. The van der Waals surface area contributed by atoms with Crippen LogP contribution in [0.15, 0.2) is 24.3 Å². The minimum absolute atomic E-state index is 0.0695. The van der Waals surface area contributed by atoms with E-state index in [0.29, 0.717) is 17.3 Å². The van der Waals surface area contributed by atoms with E-state index in [-0.39, 0.29) is 24.2 Å². The SMILES string of the molecule is Cc1nn(C)c(Cl)c1[C@H]1CCCN1C(=O)Cc1ccccc1F. The van der Waals surface area contributed by atoms with Crippen LogP contribution in [0.2, 0.25) is 5.15 Å². The molecule has 1 saturated heterocycles. The van der Waals surface area contributed by atoms with Gasteiger partial charge in [-0.15, -0.1) is 0 Å². The summed E-state index contributed by atoms with van der Waals surface area (Å²) in [6.07, 6.45) is 1.84. The van der Waals surface area contributed by atoms with Gasteiger partial charge in [-0.05, 0) is 31.4 Å². The van der Waals surface area contributed by atoms with E-state index in [9.17, 15) is 9.18 Å². The van der Waals surface area contributed by atoms with Gasteiger partial charge in [-0.2, -0.15) is 5.10 Å². The molecule has 4 nitrogen and oxygen atoms in total. The monoisotopic (exact) mass is 335 g/mol. The molecular weight excluding hydrogens is 317 g/mol. The van der Waals surface area contributed by atoms with Crippen LogP contribution in [0.4, 0.5) is 4.39 Å². The van der Waals surface area contributed by atoms with E-state index < -0.39 is 0 Å². The van der Waals surface area contributed by atoms with Crippen molar-refractivity contribution in [2.24, 2.45) is 7.05 Å². The third-order valence-corrected chi connectivity index (χ3v) is 4.85. The first kappa shape index (κ1) is 16.0. The number of aryl methyl sites for hydroxylation is 2. The van der Waals surface area contributed by atoms with Gasteiger partial charge in [0.2, 0.25) is 5.91 Å². The zero-order valence-electron chi connectivity index (χ0n) is 13.2. The van der Waals surface area contributed by atoms with Gasteiger partial charge in [0.1, 0.15) is 11.0 Å². The number of halogens is 2. The predicted molar refractivity (Wildman–Crippen MR) is 86.7 cm³/mol. The molecule has 23 heavy (non-hydrogen) atoms. The Morgan fingerprint density at radius 1 is 1.43 bits per heavy atom. The number of carbonyl (C=O) groups is 1. The predicted octanol–water partition coefficient (Wildman–Crippen LogP) is 3.43. The zero-order valence-corrected chi connectivity index (χ0v) is 14.0. The number of aromatic nitrogens is 2. The topological polar surface area (TPSA) is 38.1 Å². The van der Waals surface area contributed by atoms with Crippen molar-refractivity contribution in [3.05, 3.63) is 52.1 Å². The standard InChI is InChI=1S/C17H19ClFN3O/c1-11-16(17(18)21(2)20-11)14-8-5-9-22(14)15(23)10-12-6-3-4-7-13(12)19/h3-4,6-7,14H,5,8-10H2,1-2H3/t14-/m1/s1. The second-order valence-electron chi connectivity index (χ2n) is 5.93. The van der Waals surface area contributed by atoms with Gasteiger partial charge in [-0.3, -0.25) is 9.48 Å². The van der Waals surface area contributed by atoms with E-state index in [4.69, 9.17) is 11.6 Å². The summed E-state index contributed by atoms with van der Waals surface area (Å²) in [5.41, 5.74) is 2.18. The molecule has 1 aromatic carbocycles. The Morgan fingerprint density at radius 3 is 2.83 bits per heavy atom. The highest BCUT2D eigenvalue weighted by Gasteiger charge is 2.34. The molecule has 1 aromatic heterocycles. The van der Waals surface area contributed by atoms with E-state index in [0.717, 1.165) is 24.1 Å². The summed E-state index contributed by atoms with van der Waals surface area (Å²) in [5, 5.41) is 4.90. The van der Waals surface area contributed by atoms with Crippen LogP contribution in [0.5, 0.6) is 0 Å². The first-order chi connectivity index (χ1) is 11.0. The van der Waals surface area contributed by atoms with Crippen molar-refractivity contribution in [3.8, 4) is 0 Å². The number of benzene rings is 1. The van der Waals surface area contributed by atoms with Gasteiger partial charge in [0.05, 0.1) is 18.2 Å². The van der Waals surface area contributed by atoms with Crippen LogP contribution in [-0.2, 0) is 18.3 Å². The number of rotatable bonds is 3. The minimum Gasteiger partial charge on any atom is -0.335 e. The lowest BCUT2D eigenvalue weighted by Gasteiger charge is -2.25. The molecule has 3 rings (SSSR count). The van der Waals surface area contributed by atoms with Crippen LogP contribution in [-0.4, -0.2) is 27.1 Å². The van der Waals surface area contributed by atoms with E-state index in [1.165, 1.54) is 6.07 Å². The highest BCUT2D eigenvalue weighted by Crippen LogP contribution is 2.37. The fourth-order valence-corrected chi connectivity index (χ4v) is 3.60. The molecule has 0 N–H and O–H groups in total. The third kappa shape index (κ3) is 2.98. The number of carbonyl (C=O) groups excluding carboxylic acids is 1. The van der Waals surface area contributed by atoms with Gasteiger partial charge in [-0.1, -0.05) is 29.8 Å². The van der Waals surface area contributed by atoms with Gasteiger partial charge in [0.25, 0.3) is 0 Å². The number of nitrogens with zero attached hydrogens (tertiary/aromatic N) is 3. The van der Waals surface area contributed by atoms with Crippen LogP contribution in [0.25, 0.3) is 0 Å². The average Bonchev–Trinajstić information content (AvgIpc) is 3.07. The zero-order chi connectivity index (χ0) is 16.6. The van der Waals surface area contributed by atoms with Gasteiger partial charge >= 0.3 is 0 Å².